The van der Waals surface area contributed by atoms with E-state index in [1.807, 2.05) is 6.92 Å². The zero-order chi connectivity index (χ0) is 17.7. The molecule has 1 fully saturated rings. The number of rotatable bonds is 5. The van der Waals surface area contributed by atoms with Crippen LogP contribution >= 0.6 is 0 Å². The highest BCUT2D eigenvalue weighted by Crippen LogP contribution is 2.27. The van der Waals surface area contributed by atoms with Crippen LogP contribution in [0, 0.1) is 6.92 Å². The average Bonchev–Trinajstić information content (AvgIpc) is 2.55. The fourth-order valence-electron chi connectivity index (χ4n) is 2.43. The van der Waals surface area contributed by atoms with Crippen molar-refractivity contribution in [3.8, 4) is 5.75 Å². The Balaban J connectivity index is 2.02. The highest BCUT2D eigenvalue weighted by Gasteiger charge is 2.29. The molecule has 1 N–H and O–H groups in total. The van der Waals surface area contributed by atoms with Crippen molar-refractivity contribution in [2.24, 2.45) is 0 Å². The molecule has 1 saturated heterocycles. The van der Waals surface area contributed by atoms with Gasteiger partial charge in [0.2, 0.25) is 0 Å². The topological polar surface area (TPSA) is 50.8 Å². The third kappa shape index (κ3) is 5.10. The molecule has 0 radical (unpaired) electrons. The van der Waals surface area contributed by atoms with Crippen LogP contribution in [0.5, 0.6) is 5.75 Å². The molecule has 0 spiro atoms. The lowest BCUT2D eigenvalue weighted by molar-refractivity contribution is -0.153. The number of nitrogens with zero attached hydrogens (tertiary/aromatic N) is 1. The zero-order valence-electron chi connectivity index (χ0n) is 13.7. The van der Waals surface area contributed by atoms with Crippen molar-refractivity contribution in [1.29, 1.82) is 0 Å². The number of carbonyl (C=O) groups excluding carboxylic acids is 1. The molecule has 1 amide bonds. The highest BCUT2D eigenvalue weighted by atomic mass is 19.4. The van der Waals surface area contributed by atoms with E-state index >= 15 is 0 Å². The Morgan fingerprint density at radius 1 is 1.46 bits per heavy atom. The summed E-state index contributed by atoms with van der Waals surface area (Å²) in [6, 6.07) is 4.59. The molecule has 134 valence electrons. The van der Waals surface area contributed by atoms with Crippen molar-refractivity contribution in [3.05, 3.63) is 23.8 Å². The van der Waals surface area contributed by atoms with E-state index < -0.39 is 18.9 Å². The molecule has 2 rings (SSSR count). The van der Waals surface area contributed by atoms with Gasteiger partial charge in [-0.05, 0) is 25.6 Å². The van der Waals surface area contributed by atoms with Gasteiger partial charge in [0.15, 0.2) is 6.61 Å². The van der Waals surface area contributed by atoms with E-state index in [4.69, 9.17) is 9.47 Å². The Morgan fingerprint density at radius 3 is 2.88 bits per heavy atom. The predicted octanol–water partition coefficient (Wildman–Crippen LogP) is 2.60. The van der Waals surface area contributed by atoms with E-state index in [0.717, 1.165) is 13.1 Å². The molecule has 1 aliphatic rings. The minimum Gasteiger partial charge on any atom is -0.484 e. The van der Waals surface area contributed by atoms with E-state index in [-0.39, 0.29) is 11.7 Å². The summed E-state index contributed by atoms with van der Waals surface area (Å²) in [7, 11) is 0. The van der Waals surface area contributed by atoms with Gasteiger partial charge in [-0.1, -0.05) is 13.0 Å². The van der Waals surface area contributed by atoms with E-state index in [1.165, 1.54) is 12.1 Å². The number of anilines is 1. The maximum absolute atomic E-state index is 12.3. The summed E-state index contributed by atoms with van der Waals surface area (Å²) in [4.78, 5) is 14.4. The molecule has 1 atom stereocenters. The summed E-state index contributed by atoms with van der Waals surface area (Å²) < 4.78 is 47.1. The molecule has 0 bridgehead atoms. The smallest absolute Gasteiger partial charge is 0.422 e. The van der Waals surface area contributed by atoms with Gasteiger partial charge in [-0.3, -0.25) is 9.69 Å². The van der Waals surface area contributed by atoms with Crippen molar-refractivity contribution < 1.29 is 27.4 Å². The maximum Gasteiger partial charge on any atom is 0.422 e. The number of morpholine rings is 1. The monoisotopic (exact) mass is 346 g/mol. The fourth-order valence-corrected chi connectivity index (χ4v) is 2.43. The largest absolute Gasteiger partial charge is 0.484 e. The van der Waals surface area contributed by atoms with Gasteiger partial charge in [-0.2, -0.15) is 13.2 Å². The molecule has 24 heavy (non-hydrogen) atoms. The molecule has 0 aromatic heterocycles. The summed E-state index contributed by atoms with van der Waals surface area (Å²) in [6.07, 6.45) is -5.01. The van der Waals surface area contributed by atoms with Crippen molar-refractivity contribution in [1.82, 2.24) is 4.90 Å². The molecule has 5 nitrogen and oxygen atoms in total. The number of alkyl halides is 3. The van der Waals surface area contributed by atoms with Crippen LogP contribution in [0.25, 0.3) is 0 Å². The van der Waals surface area contributed by atoms with Gasteiger partial charge in [0.25, 0.3) is 5.91 Å². The standard InChI is InChI=1S/C16H21F3N2O3/c1-3-21-7-8-23-14(9-21)15(22)20-12-5-4-6-13(11(12)2)24-10-16(17,18)19/h4-6,14H,3,7-10H2,1-2H3,(H,20,22). The second kappa shape index (κ2) is 7.85. The zero-order valence-corrected chi connectivity index (χ0v) is 13.7. The number of carbonyl (C=O) groups is 1. The number of hydrogen-bond donors (Lipinski definition) is 1. The molecule has 1 unspecified atom stereocenters. The first-order chi connectivity index (χ1) is 11.3. The van der Waals surface area contributed by atoms with Crippen LogP contribution in [-0.2, 0) is 9.53 Å². The number of hydrogen-bond acceptors (Lipinski definition) is 4. The summed E-state index contributed by atoms with van der Waals surface area (Å²) in [5.74, 6) is -0.228. The lowest BCUT2D eigenvalue weighted by Crippen LogP contribution is -2.47. The molecule has 1 aromatic carbocycles. The lowest BCUT2D eigenvalue weighted by atomic mass is 10.1. The quantitative estimate of drug-likeness (QED) is 0.890. The first-order valence-electron chi connectivity index (χ1n) is 7.74. The predicted molar refractivity (Wildman–Crippen MR) is 83.2 cm³/mol. The van der Waals surface area contributed by atoms with E-state index in [0.29, 0.717) is 24.4 Å². The fraction of sp³-hybridized carbons (Fsp3) is 0.562. The number of halogens is 3. The second-order valence-electron chi connectivity index (χ2n) is 5.57. The van der Waals surface area contributed by atoms with Gasteiger partial charge in [-0.15, -0.1) is 0 Å². The van der Waals surface area contributed by atoms with Crippen LogP contribution in [0.3, 0.4) is 0 Å². The molecular weight excluding hydrogens is 325 g/mol. The molecule has 8 heteroatoms. The van der Waals surface area contributed by atoms with Crippen molar-refractivity contribution in [2.75, 3.05) is 38.2 Å². The first-order valence-corrected chi connectivity index (χ1v) is 7.74. The van der Waals surface area contributed by atoms with Gasteiger partial charge in [0.1, 0.15) is 11.9 Å². The molecule has 1 heterocycles. The molecule has 1 aliphatic heterocycles. The normalized spacial score (nSPS) is 19.1. The summed E-state index contributed by atoms with van der Waals surface area (Å²) in [6.45, 7) is 4.80. The van der Waals surface area contributed by atoms with Crippen molar-refractivity contribution >= 4 is 11.6 Å². The molecule has 1 aromatic rings. The third-order valence-electron chi connectivity index (χ3n) is 3.82. The van der Waals surface area contributed by atoms with Crippen LogP contribution in [-0.4, -0.2) is 55.9 Å². The SMILES string of the molecule is CCN1CCOC(C(=O)Nc2cccc(OCC(F)(F)F)c2C)C1. The van der Waals surface area contributed by atoms with Crippen LogP contribution < -0.4 is 10.1 Å². The summed E-state index contributed by atoms with van der Waals surface area (Å²) >= 11 is 0. The van der Waals surface area contributed by atoms with Gasteiger partial charge >= 0.3 is 6.18 Å². The lowest BCUT2D eigenvalue weighted by Gasteiger charge is -2.31. The van der Waals surface area contributed by atoms with E-state index in [1.54, 1.807) is 13.0 Å². The van der Waals surface area contributed by atoms with Gasteiger partial charge in [0, 0.05) is 24.3 Å². The minimum atomic E-state index is -4.41. The van der Waals surface area contributed by atoms with Crippen molar-refractivity contribution in [3.63, 3.8) is 0 Å². The second-order valence-corrected chi connectivity index (χ2v) is 5.57. The average molecular weight is 346 g/mol. The number of likely N-dealkylation sites (N-methyl/N-ethyl adjacent to an activating group) is 1. The third-order valence-corrected chi connectivity index (χ3v) is 3.82. The van der Waals surface area contributed by atoms with E-state index in [9.17, 15) is 18.0 Å². The molecule has 0 aliphatic carbocycles. The van der Waals surface area contributed by atoms with Crippen molar-refractivity contribution in [2.45, 2.75) is 26.1 Å². The minimum absolute atomic E-state index is 0.0878. The Labute approximate surface area is 138 Å². The Kier molecular flexibility index (Phi) is 6.06. The number of nitrogens with one attached hydrogen (secondary N) is 1. The summed E-state index contributed by atoms with van der Waals surface area (Å²) in [5, 5.41) is 2.71. The summed E-state index contributed by atoms with van der Waals surface area (Å²) in [5.41, 5.74) is 0.857. The molecular formula is C16H21F3N2O3. The Morgan fingerprint density at radius 2 is 2.21 bits per heavy atom. The van der Waals surface area contributed by atoms with Gasteiger partial charge in [0.05, 0.1) is 6.61 Å². The van der Waals surface area contributed by atoms with E-state index in [2.05, 4.69) is 10.2 Å². The number of amides is 1. The molecule has 0 saturated carbocycles. The van der Waals surface area contributed by atoms with Crippen LogP contribution in [0.2, 0.25) is 0 Å². The van der Waals surface area contributed by atoms with Crippen LogP contribution in [0.15, 0.2) is 18.2 Å². The Bertz CT molecular complexity index is 578. The number of ether oxygens (including phenoxy) is 2. The highest BCUT2D eigenvalue weighted by molar-refractivity contribution is 5.95. The Hall–Kier alpha value is -1.80. The maximum atomic E-state index is 12.3. The van der Waals surface area contributed by atoms with Crippen LogP contribution in [0.4, 0.5) is 18.9 Å². The first kappa shape index (κ1) is 18.5. The number of benzene rings is 1. The van der Waals surface area contributed by atoms with Crippen LogP contribution in [0.1, 0.15) is 12.5 Å². The van der Waals surface area contributed by atoms with Gasteiger partial charge < -0.3 is 14.8 Å². The van der Waals surface area contributed by atoms with Gasteiger partial charge in [-0.25, -0.2) is 0 Å².